The van der Waals surface area contributed by atoms with E-state index < -0.39 is 0 Å². The number of aromatic nitrogens is 1. The molecule has 0 fully saturated rings. The van der Waals surface area contributed by atoms with Gasteiger partial charge in [-0.05, 0) is 31.2 Å². The number of methoxy groups -OCH3 is 1. The van der Waals surface area contributed by atoms with Gasteiger partial charge in [0.1, 0.15) is 17.4 Å². The highest BCUT2D eigenvalue weighted by Crippen LogP contribution is 2.21. The summed E-state index contributed by atoms with van der Waals surface area (Å²) in [5.41, 5.74) is 5.01. The molecule has 0 aliphatic heterocycles. The molecule has 2 aromatic rings. The van der Waals surface area contributed by atoms with Crippen molar-refractivity contribution in [3.63, 3.8) is 0 Å². The summed E-state index contributed by atoms with van der Waals surface area (Å²) in [6.45, 7) is 2.12. The van der Waals surface area contributed by atoms with E-state index in [4.69, 9.17) is 16.3 Å². The molecule has 0 amide bonds. The van der Waals surface area contributed by atoms with E-state index in [0.717, 1.165) is 11.3 Å². The zero-order chi connectivity index (χ0) is 16.8. The first kappa shape index (κ1) is 16.7. The Morgan fingerprint density at radius 2 is 2.26 bits per heavy atom. The number of benzene rings is 1. The first-order valence-corrected chi connectivity index (χ1v) is 7.10. The lowest BCUT2D eigenvalue weighted by Gasteiger charge is -2.09. The first-order valence-electron chi connectivity index (χ1n) is 6.72. The number of anilines is 1. The fraction of sp³-hybridized carbons (Fsp3) is 0.188. The number of phenolic OH excluding ortho intramolecular Hbond substituents is 1. The van der Waals surface area contributed by atoms with Crippen molar-refractivity contribution in [2.24, 2.45) is 5.10 Å². The lowest BCUT2D eigenvalue weighted by molar-refractivity contribution is 0.184. The molecule has 1 aromatic carbocycles. The van der Waals surface area contributed by atoms with E-state index >= 15 is 0 Å². The van der Waals surface area contributed by atoms with Gasteiger partial charge in [-0.3, -0.25) is 5.43 Å². The maximum atomic E-state index is 9.73. The van der Waals surface area contributed by atoms with E-state index in [1.807, 2.05) is 6.92 Å². The van der Waals surface area contributed by atoms with Crippen LogP contribution in [0, 0.1) is 18.3 Å². The van der Waals surface area contributed by atoms with Crippen LogP contribution in [0.15, 0.2) is 29.4 Å². The van der Waals surface area contributed by atoms with Crippen LogP contribution >= 0.6 is 11.6 Å². The molecule has 23 heavy (non-hydrogen) atoms. The summed E-state index contributed by atoms with van der Waals surface area (Å²) < 4.78 is 5.09. The molecule has 0 unspecified atom stereocenters. The highest BCUT2D eigenvalue weighted by molar-refractivity contribution is 6.30. The van der Waals surface area contributed by atoms with Crippen molar-refractivity contribution in [3.8, 4) is 11.8 Å². The maximum absolute atomic E-state index is 9.73. The SMILES string of the molecule is COCc1cc(C)nc(N/N=C/c2cc(Cl)ccc2O)c1C#N. The Kier molecular flexibility index (Phi) is 5.52. The predicted molar refractivity (Wildman–Crippen MR) is 88.7 cm³/mol. The average molecular weight is 331 g/mol. The molecular weight excluding hydrogens is 316 g/mol. The molecule has 0 saturated heterocycles. The molecule has 0 spiro atoms. The molecule has 0 bridgehead atoms. The third-order valence-electron chi connectivity index (χ3n) is 3.00. The van der Waals surface area contributed by atoms with Gasteiger partial charge < -0.3 is 9.84 Å². The Morgan fingerprint density at radius 1 is 1.48 bits per heavy atom. The van der Waals surface area contributed by atoms with Crippen LogP contribution in [0.4, 0.5) is 5.82 Å². The van der Waals surface area contributed by atoms with E-state index in [2.05, 4.69) is 21.6 Å². The zero-order valence-corrected chi connectivity index (χ0v) is 13.4. The second kappa shape index (κ2) is 7.58. The summed E-state index contributed by atoms with van der Waals surface area (Å²) in [4.78, 5) is 4.27. The number of pyridine rings is 1. The fourth-order valence-corrected chi connectivity index (χ4v) is 2.19. The highest BCUT2D eigenvalue weighted by atomic mass is 35.5. The molecule has 2 rings (SSSR count). The number of hydrogen-bond donors (Lipinski definition) is 2. The van der Waals surface area contributed by atoms with Gasteiger partial charge in [-0.1, -0.05) is 11.6 Å². The number of aryl methyl sites for hydroxylation is 1. The fourth-order valence-electron chi connectivity index (χ4n) is 2.01. The number of nitriles is 1. The second-order valence-corrected chi connectivity index (χ2v) is 5.20. The monoisotopic (exact) mass is 330 g/mol. The van der Waals surface area contributed by atoms with Crippen LogP contribution in [-0.2, 0) is 11.3 Å². The predicted octanol–water partition coefficient (Wildman–Crippen LogP) is 3.21. The Balaban J connectivity index is 2.28. The summed E-state index contributed by atoms with van der Waals surface area (Å²) in [6.07, 6.45) is 1.41. The Bertz CT molecular complexity index is 784. The van der Waals surface area contributed by atoms with E-state index in [0.29, 0.717) is 28.6 Å². The van der Waals surface area contributed by atoms with E-state index in [1.165, 1.54) is 12.3 Å². The number of halogens is 1. The molecular formula is C16H15ClN4O2. The van der Waals surface area contributed by atoms with Crippen molar-refractivity contribution in [3.05, 3.63) is 51.7 Å². The molecule has 0 aliphatic rings. The van der Waals surface area contributed by atoms with Crippen LogP contribution in [0.25, 0.3) is 0 Å². The maximum Gasteiger partial charge on any atom is 0.164 e. The molecule has 0 atom stereocenters. The van der Waals surface area contributed by atoms with Gasteiger partial charge in [-0.2, -0.15) is 10.4 Å². The van der Waals surface area contributed by atoms with Crippen LogP contribution in [0.2, 0.25) is 5.02 Å². The topological polar surface area (TPSA) is 90.5 Å². The minimum absolute atomic E-state index is 0.0535. The third kappa shape index (κ3) is 4.19. The molecule has 0 saturated carbocycles. The molecule has 2 N–H and O–H groups in total. The van der Waals surface area contributed by atoms with Gasteiger partial charge in [0, 0.05) is 29.0 Å². The average Bonchev–Trinajstić information content (AvgIpc) is 2.51. The van der Waals surface area contributed by atoms with Crippen molar-refractivity contribution in [2.75, 3.05) is 12.5 Å². The van der Waals surface area contributed by atoms with Crippen molar-refractivity contribution in [1.29, 1.82) is 5.26 Å². The molecule has 0 aliphatic carbocycles. The number of rotatable bonds is 5. The second-order valence-electron chi connectivity index (χ2n) is 4.76. The van der Waals surface area contributed by atoms with E-state index in [-0.39, 0.29) is 5.75 Å². The third-order valence-corrected chi connectivity index (χ3v) is 3.24. The normalized spacial score (nSPS) is 10.7. The van der Waals surface area contributed by atoms with E-state index in [9.17, 15) is 10.4 Å². The van der Waals surface area contributed by atoms with Gasteiger partial charge >= 0.3 is 0 Å². The number of ether oxygens (including phenoxy) is 1. The molecule has 1 aromatic heterocycles. The van der Waals surface area contributed by atoms with Crippen molar-refractivity contribution >= 4 is 23.6 Å². The molecule has 0 radical (unpaired) electrons. The van der Waals surface area contributed by atoms with Crippen LogP contribution in [0.3, 0.4) is 0 Å². The number of hydrazone groups is 1. The van der Waals surface area contributed by atoms with Crippen molar-refractivity contribution in [1.82, 2.24) is 4.98 Å². The Morgan fingerprint density at radius 3 is 2.96 bits per heavy atom. The first-order chi connectivity index (χ1) is 11.0. The van der Waals surface area contributed by atoms with Crippen LogP contribution in [0.1, 0.15) is 22.4 Å². The number of hydrogen-bond acceptors (Lipinski definition) is 6. The summed E-state index contributed by atoms with van der Waals surface area (Å²) in [6, 6.07) is 8.52. The summed E-state index contributed by atoms with van der Waals surface area (Å²) in [5.74, 6) is 0.384. The molecule has 118 valence electrons. The lowest BCUT2D eigenvalue weighted by atomic mass is 10.1. The number of nitrogens with one attached hydrogen (secondary N) is 1. The summed E-state index contributed by atoms with van der Waals surface area (Å²) in [7, 11) is 1.56. The Hall–Kier alpha value is -2.62. The highest BCUT2D eigenvalue weighted by Gasteiger charge is 2.10. The van der Waals surface area contributed by atoms with Gasteiger partial charge in [0.05, 0.1) is 12.8 Å². The molecule has 1 heterocycles. The molecule has 6 nitrogen and oxygen atoms in total. The quantitative estimate of drug-likeness (QED) is 0.649. The van der Waals surface area contributed by atoms with Gasteiger partial charge in [0.25, 0.3) is 0 Å². The Labute approximate surface area is 139 Å². The van der Waals surface area contributed by atoms with Gasteiger partial charge in [-0.15, -0.1) is 0 Å². The number of phenols is 1. The van der Waals surface area contributed by atoms with Gasteiger partial charge in [0.15, 0.2) is 5.82 Å². The minimum atomic E-state index is 0.0535. The zero-order valence-electron chi connectivity index (χ0n) is 12.7. The minimum Gasteiger partial charge on any atom is -0.507 e. The lowest BCUT2D eigenvalue weighted by Crippen LogP contribution is -2.03. The summed E-state index contributed by atoms with van der Waals surface area (Å²) >= 11 is 5.87. The number of nitrogens with zero attached hydrogens (tertiary/aromatic N) is 3. The standard InChI is InChI=1S/C16H15ClN4O2/c1-10-5-12(9-23-2)14(7-18)16(20-10)21-19-8-11-6-13(17)3-4-15(11)22/h3-6,8,22H,9H2,1-2H3,(H,20,21)/b19-8+. The van der Waals surface area contributed by atoms with Crippen LogP contribution in [-0.4, -0.2) is 23.4 Å². The largest absolute Gasteiger partial charge is 0.507 e. The van der Waals surface area contributed by atoms with Gasteiger partial charge in [0.2, 0.25) is 0 Å². The van der Waals surface area contributed by atoms with Crippen LogP contribution < -0.4 is 5.43 Å². The number of aromatic hydroxyl groups is 1. The van der Waals surface area contributed by atoms with Gasteiger partial charge in [-0.25, -0.2) is 4.98 Å². The molecule has 7 heteroatoms. The van der Waals surface area contributed by atoms with E-state index in [1.54, 1.807) is 25.3 Å². The van der Waals surface area contributed by atoms with Crippen molar-refractivity contribution < 1.29 is 9.84 Å². The van der Waals surface area contributed by atoms with Crippen LogP contribution in [0.5, 0.6) is 5.75 Å². The van der Waals surface area contributed by atoms with Crippen molar-refractivity contribution in [2.45, 2.75) is 13.5 Å². The summed E-state index contributed by atoms with van der Waals surface area (Å²) in [5, 5.41) is 23.5. The smallest absolute Gasteiger partial charge is 0.164 e.